The Balaban J connectivity index is 1.63. The van der Waals surface area contributed by atoms with Crippen molar-refractivity contribution in [2.45, 2.75) is 13.8 Å². The first kappa shape index (κ1) is 21.4. The minimum atomic E-state index is -0.947. The van der Waals surface area contributed by atoms with Crippen LogP contribution < -0.4 is 16.1 Å². The lowest BCUT2D eigenvalue weighted by atomic mass is 10.1. The number of hydrazone groups is 1. The van der Waals surface area contributed by atoms with E-state index in [0.29, 0.717) is 5.69 Å². The molecule has 0 unspecified atom stereocenters. The molecule has 0 aliphatic heterocycles. The minimum absolute atomic E-state index is 0.217. The smallest absolute Gasteiger partial charge is 0.322 e. The molecule has 3 aromatic rings. The molecule has 0 aliphatic rings. The number of nitrogens with zero attached hydrogens (tertiary/aromatic N) is 1. The van der Waals surface area contributed by atoms with Gasteiger partial charge in [0.05, 0.1) is 17.5 Å². The third-order valence-electron chi connectivity index (χ3n) is 4.39. The van der Waals surface area contributed by atoms with Crippen LogP contribution in [0, 0.1) is 13.8 Å². The first-order chi connectivity index (χ1) is 14.9. The van der Waals surface area contributed by atoms with Crippen molar-refractivity contribution in [1.29, 1.82) is 0 Å². The molecule has 0 radical (unpaired) electrons. The van der Waals surface area contributed by atoms with Crippen LogP contribution in [0.25, 0.3) is 0 Å². The molecular weight excluding hydrogens is 392 g/mol. The minimum Gasteiger partial charge on any atom is -0.322 e. The Hall–Kier alpha value is -4.26. The summed E-state index contributed by atoms with van der Waals surface area (Å²) < 4.78 is 0. The summed E-state index contributed by atoms with van der Waals surface area (Å²) >= 11 is 0. The number of amides is 3. The second-order valence-corrected chi connectivity index (χ2v) is 6.93. The number of hydrogen-bond acceptors (Lipinski definition) is 4. The number of carbonyl (C=O) groups excluding carboxylic acids is 3. The van der Waals surface area contributed by atoms with E-state index in [-0.39, 0.29) is 11.3 Å². The predicted octanol–water partition coefficient (Wildman–Crippen LogP) is 3.64. The quantitative estimate of drug-likeness (QED) is 0.338. The molecular formula is C24H22N4O3. The van der Waals surface area contributed by atoms with E-state index in [9.17, 15) is 14.4 Å². The highest BCUT2D eigenvalue weighted by molar-refractivity contribution is 6.40. The number of carbonyl (C=O) groups is 3. The molecule has 0 atom stereocenters. The standard InChI is InChI=1S/C24H22N4O3/c1-16-7-11-18(12-8-16)15-25-28-24(31)23(30)27-21-6-4-3-5-20(21)22(29)26-19-13-9-17(2)10-14-19/h3-15H,1-2H3,(H,26,29)(H,27,30)(H,28,31)/b25-15-. The lowest BCUT2D eigenvalue weighted by Gasteiger charge is -2.11. The Labute approximate surface area is 180 Å². The van der Waals surface area contributed by atoms with E-state index in [1.165, 1.54) is 6.21 Å². The van der Waals surface area contributed by atoms with Crippen LogP contribution >= 0.6 is 0 Å². The lowest BCUT2D eigenvalue weighted by molar-refractivity contribution is -0.136. The van der Waals surface area contributed by atoms with E-state index in [1.807, 2.05) is 50.2 Å². The summed E-state index contributed by atoms with van der Waals surface area (Å²) in [4.78, 5) is 36.9. The van der Waals surface area contributed by atoms with Crippen LogP contribution in [-0.2, 0) is 9.59 Å². The molecule has 7 heteroatoms. The molecule has 3 amide bonds. The van der Waals surface area contributed by atoms with Gasteiger partial charge in [-0.1, -0.05) is 59.7 Å². The Bertz CT molecular complexity index is 1120. The zero-order valence-electron chi connectivity index (χ0n) is 17.2. The van der Waals surface area contributed by atoms with Gasteiger partial charge < -0.3 is 10.6 Å². The maximum absolute atomic E-state index is 12.6. The van der Waals surface area contributed by atoms with Crippen LogP contribution in [0.15, 0.2) is 77.9 Å². The fourth-order valence-electron chi connectivity index (χ4n) is 2.67. The molecule has 3 N–H and O–H groups in total. The van der Waals surface area contributed by atoms with Gasteiger partial charge in [0, 0.05) is 5.69 Å². The van der Waals surface area contributed by atoms with Gasteiger partial charge in [-0.05, 0) is 43.7 Å². The van der Waals surface area contributed by atoms with Crippen molar-refractivity contribution in [2.75, 3.05) is 10.6 Å². The lowest BCUT2D eigenvalue weighted by Crippen LogP contribution is -2.33. The van der Waals surface area contributed by atoms with Gasteiger partial charge in [0.1, 0.15) is 0 Å². The van der Waals surface area contributed by atoms with Gasteiger partial charge in [-0.25, -0.2) is 5.43 Å². The van der Waals surface area contributed by atoms with Crippen molar-refractivity contribution in [3.8, 4) is 0 Å². The maximum atomic E-state index is 12.6. The number of rotatable bonds is 5. The van der Waals surface area contributed by atoms with Crippen LogP contribution in [0.3, 0.4) is 0 Å². The average molecular weight is 414 g/mol. The number of para-hydroxylation sites is 1. The summed E-state index contributed by atoms with van der Waals surface area (Å²) in [6.07, 6.45) is 1.44. The Kier molecular flexibility index (Phi) is 6.90. The van der Waals surface area contributed by atoms with Gasteiger partial charge in [0.25, 0.3) is 5.91 Å². The third-order valence-corrected chi connectivity index (χ3v) is 4.39. The predicted molar refractivity (Wildman–Crippen MR) is 121 cm³/mol. The highest BCUT2D eigenvalue weighted by atomic mass is 16.2. The molecule has 0 aliphatic carbocycles. The summed E-state index contributed by atoms with van der Waals surface area (Å²) in [5, 5.41) is 9.02. The van der Waals surface area contributed by atoms with Gasteiger partial charge in [-0.3, -0.25) is 14.4 Å². The van der Waals surface area contributed by atoms with Crippen LogP contribution in [0.2, 0.25) is 0 Å². The van der Waals surface area contributed by atoms with Gasteiger partial charge >= 0.3 is 11.8 Å². The van der Waals surface area contributed by atoms with E-state index < -0.39 is 17.7 Å². The van der Waals surface area contributed by atoms with Crippen molar-refractivity contribution < 1.29 is 14.4 Å². The summed E-state index contributed by atoms with van der Waals surface area (Å²) in [6, 6.07) is 21.3. The molecule has 0 bridgehead atoms. The SMILES string of the molecule is Cc1ccc(/C=N\NC(=O)C(=O)Nc2ccccc2C(=O)Nc2ccc(C)cc2)cc1. The molecule has 31 heavy (non-hydrogen) atoms. The fourth-order valence-corrected chi connectivity index (χ4v) is 2.67. The summed E-state index contributed by atoms with van der Waals surface area (Å²) in [5.41, 5.74) is 6.20. The first-order valence-corrected chi connectivity index (χ1v) is 9.60. The second-order valence-electron chi connectivity index (χ2n) is 6.93. The van der Waals surface area contributed by atoms with Crippen molar-refractivity contribution in [3.05, 3.63) is 95.1 Å². The molecule has 0 spiro atoms. The van der Waals surface area contributed by atoms with Gasteiger partial charge in [0.15, 0.2) is 0 Å². The van der Waals surface area contributed by atoms with Gasteiger partial charge in [-0.2, -0.15) is 5.10 Å². The summed E-state index contributed by atoms with van der Waals surface area (Å²) in [7, 11) is 0. The third kappa shape index (κ3) is 6.11. The van der Waals surface area contributed by atoms with Crippen molar-refractivity contribution in [1.82, 2.24) is 5.43 Å². The largest absolute Gasteiger partial charge is 0.329 e. The van der Waals surface area contributed by atoms with Crippen LogP contribution in [0.1, 0.15) is 27.0 Å². The Morgan fingerprint density at radius 3 is 2.03 bits per heavy atom. The number of benzene rings is 3. The number of aryl methyl sites for hydroxylation is 2. The Morgan fingerprint density at radius 1 is 0.742 bits per heavy atom. The molecule has 3 aromatic carbocycles. The fraction of sp³-hybridized carbons (Fsp3) is 0.0833. The van der Waals surface area contributed by atoms with Crippen molar-refractivity contribution in [2.24, 2.45) is 5.10 Å². The van der Waals surface area contributed by atoms with E-state index >= 15 is 0 Å². The number of hydrogen-bond donors (Lipinski definition) is 3. The second kappa shape index (κ2) is 9.98. The molecule has 0 fully saturated rings. The Morgan fingerprint density at radius 2 is 1.35 bits per heavy atom. The molecule has 7 nitrogen and oxygen atoms in total. The normalized spacial score (nSPS) is 10.5. The number of nitrogens with one attached hydrogen (secondary N) is 3. The van der Waals surface area contributed by atoms with E-state index in [0.717, 1.165) is 16.7 Å². The summed E-state index contributed by atoms with van der Waals surface area (Å²) in [6.45, 7) is 3.91. The molecule has 3 rings (SSSR count). The van der Waals surface area contributed by atoms with E-state index in [1.54, 1.807) is 36.4 Å². The maximum Gasteiger partial charge on any atom is 0.329 e. The molecule has 0 saturated carbocycles. The van der Waals surface area contributed by atoms with Crippen LogP contribution in [0.5, 0.6) is 0 Å². The highest BCUT2D eigenvalue weighted by Gasteiger charge is 2.17. The van der Waals surface area contributed by atoms with Crippen molar-refractivity contribution in [3.63, 3.8) is 0 Å². The molecule has 0 heterocycles. The van der Waals surface area contributed by atoms with Crippen LogP contribution in [-0.4, -0.2) is 23.9 Å². The highest BCUT2D eigenvalue weighted by Crippen LogP contribution is 2.18. The van der Waals surface area contributed by atoms with Crippen molar-refractivity contribution >= 4 is 35.3 Å². The summed E-state index contributed by atoms with van der Waals surface area (Å²) in [5.74, 6) is -2.29. The van der Waals surface area contributed by atoms with Gasteiger partial charge in [-0.15, -0.1) is 0 Å². The zero-order valence-corrected chi connectivity index (χ0v) is 17.2. The molecule has 0 saturated heterocycles. The monoisotopic (exact) mass is 414 g/mol. The zero-order chi connectivity index (χ0) is 22.2. The van der Waals surface area contributed by atoms with Crippen LogP contribution in [0.4, 0.5) is 11.4 Å². The number of anilines is 2. The molecule has 0 aromatic heterocycles. The molecule has 156 valence electrons. The van der Waals surface area contributed by atoms with E-state index in [2.05, 4.69) is 21.2 Å². The first-order valence-electron chi connectivity index (χ1n) is 9.60. The van der Waals surface area contributed by atoms with E-state index in [4.69, 9.17) is 0 Å². The van der Waals surface area contributed by atoms with Gasteiger partial charge in [0.2, 0.25) is 0 Å². The topological polar surface area (TPSA) is 99.7 Å². The average Bonchev–Trinajstić information content (AvgIpc) is 2.77.